The Morgan fingerprint density at radius 3 is 2.68 bits per heavy atom. The number of nitrogens with zero attached hydrogens (tertiary/aromatic N) is 1. The van der Waals surface area contributed by atoms with Crippen LogP contribution in [0.1, 0.15) is 5.56 Å². The van der Waals surface area contributed by atoms with Crippen molar-refractivity contribution in [3.63, 3.8) is 0 Å². The van der Waals surface area contributed by atoms with Gasteiger partial charge >= 0.3 is 0 Å². The van der Waals surface area contributed by atoms with E-state index in [1.165, 1.54) is 6.92 Å². The lowest BCUT2D eigenvalue weighted by atomic mass is 10.2. The average molecular weight is 270 g/mol. The van der Waals surface area contributed by atoms with E-state index >= 15 is 0 Å². The highest BCUT2D eigenvalue weighted by molar-refractivity contribution is 5.81. The number of morpholine rings is 1. The summed E-state index contributed by atoms with van der Waals surface area (Å²) in [6, 6.07) is 2.17. The maximum absolute atomic E-state index is 13.5. The minimum atomic E-state index is -0.561. The number of hydrogen-bond acceptors (Lipinski definition) is 3. The molecule has 1 N–H and O–H groups in total. The molecule has 1 saturated heterocycles. The molecule has 6 heteroatoms. The second-order valence-electron chi connectivity index (χ2n) is 4.43. The summed E-state index contributed by atoms with van der Waals surface area (Å²) in [6.45, 7) is 3.52. The number of carbonyl (C=O) groups excluding carboxylic acids is 1. The number of hydrogen-bond donors (Lipinski definition) is 1. The van der Waals surface area contributed by atoms with Crippen molar-refractivity contribution in [2.75, 3.05) is 38.2 Å². The van der Waals surface area contributed by atoms with Gasteiger partial charge in [-0.05, 0) is 18.6 Å². The number of halogens is 2. The molecule has 0 spiro atoms. The van der Waals surface area contributed by atoms with E-state index in [2.05, 4.69) is 5.32 Å². The molecule has 0 saturated carbocycles. The van der Waals surface area contributed by atoms with Gasteiger partial charge in [-0.1, -0.05) is 0 Å². The normalized spacial score (nSPS) is 15.4. The first-order valence-corrected chi connectivity index (χ1v) is 6.13. The first-order chi connectivity index (χ1) is 9.08. The molecule has 0 aromatic heterocycles. The Balaban J connectivity index is 1.94. The van der Waals surface area contributed by atoms with Crippen LogP contribution in [0.25, 0.3) is 0 Å². The zero-order valence-electron chi connectivity index (χ0n) is 10.7. The van der Waals surface area contributed by atoms with Gasteiger partial charge < -0.3 is 15.0 Å². The molecule has 0 radical (unpaired) electrons. The Morgan fingerprint density at radius 1 is 1.32 bits per heavy atom. The molecule has 1 aliphatic rings. The molecule has 4 nitrogen and oxygen atoms in total. The summed E-state index contributed by atoms with van der Waals surface area (Å²) in [5.41, 5.74) is 0.243. The van der Waals surface area contributed by atoms with Crippen LogP contribution in [0.3, 0.4) is 0 Å². The van der Waals surface area contributed by atoms with Gasteiger partial charge in [0.2, 0.25) is 5.91 Å². The van der Waals surface area contributed by atoms with Gasteiger partial charge in [0.25, 0.3) is 0 Å². The van der Waals surface area contributed by atoms with Crippen molar-refractivity contribution in [3.8, 4) is 0 Å². The maximum Gasteiger partial charge on any atom is 0.242 e. The highest BCUT2D eigenvalue weighted by Gasteiger charge is 2.17. The summed E-state index contributed by atoms with van der Waals surface area (Å²) < 4.78 is 32.0. The lowest BCUT2D eigenvalue weighted by molar-refractivity contribution is -0.133. The standard InChI is InChI=1S/C13H16F2N2O2/c1-9-6-11(15)12(7-10(9)14)16-8-13(18)17-2-4-19-5-3-17/h6-7,16H,2-5,8H2,1H3. The molecule has 0 unspecified atom stereocenters. The number of nitrogens with one attached hydrogen (secondary N) is 1. The third-order valence-electron chi connectivity index (χ3n) is 3.04. The van der Waals surface area contributed by atoms with E-state index in [0.29, 0.717) is 26.3 Å². The van der Waals surface area contributed by atoms with Gasteiger partial charge in [-0.25, -0.2) is 8.78 Å². The Morgan fingerprint density at radius 2 is 2.00 bits per heavy atom. The van der Waals surface area contributed by atoms with E-state index < -0.39 is 11.6 Å². The van der Waals surface area contributed by atoms with Crippen molar-refractivity contribution >= 4 is 11.6 Å². The molecular formula is C13H16F2N2O2. The monoisotopic (exact) mass is 270 g/mol. The summed E-state index contributed by atoms with van der Waals surface area (Å²) >= 11 is 0. The molecular weight excluding hydrogens is 254 g/mol. The van der Waals surface area contributed by atoms with Gasteiger partial charge in [0, 0.05) is 19.2 Å². The third kappa shape index (κ3) is 3.41. The van der Waals surface area contributed by atoms with Crippen LogP contribution in [0.5, 0.6) is 0 Å². The fraction of sp³-hybridized carbons (Fsp3) is 0.462. The lowest BCUT2D eigenvalue weighted by Crippen LogP contribution is -2.43. The van der Waals surface area contributed by atoms with Gasteiger partial charge in [-0.15, -0.1) is 0 Å². The molecule has 104 valence electrons. The van der Waals surface area contributed by atoms with Crippen LogP contribution in [0.2, 0.25) is 0 Å². The van der Waals surface area contributed by atoms with E-state index in [0.717, 1.165) is 12.1 Å². The molecule has 1 aromatic rings. The number of carbonyl (C=O) groups is 1. The molecule has 2 rings (SSSR count). The minimum absolute atomic E-state index is 0.00436. The zero-order chi connectivity index (χ0) is 13.8. The molecule has 1 aromatic carbocycles. The molecule has 1 amide bonds. The lowest BCUT2D eigenvalue weighted by Gasteiger charge is -2.27. The average Bonchev–Trinajstić information content (AvgIpc) is 2.42. The first-order valence-electron chi connectivity index (χ1n) is 6.13. The second kappa shape index (κ2) is 5.97. The highest BCUT2D eigenvalue weighted by atomic mass is 19.1. The molecule has 0 aliphatic carbocycles. The highest BCUT2D eigenvalue weighted by Crippen LogP contribution is 2.18. The molecule has 1 heterocycles. The van der Waals surface area contributed by atoms with Crippen molar-refractivity contribution in [2.45, 2.75) is 6.92 Å². The van der Waals surface area contributed by atoms with Crippen molar-refractivity contribution in [1.29, 1.82) is 0 Å². The van der Waals surface area contributed by atoms with Crippen LogP contribution in [0.15, 0.2) is 12.1 Å². The van der Waals surface area contributed by atoms with E-state index in [9.17, 15) is 13.6 Å². The van der Waals surface area contributed by atoms with E-state index in [1.807, 2.05) is 0 Å². The largest absolute Gasteiger partial charge is 0.378 e. The van der Waals surface area contributed by atoms with Crippen LogP contribution in [0, 0.1) is 18.6 Å². The van der Waals surface area contributed by atoms with Crippen molar-refractivity contribution < 1.29 is 18.3 Å². The van der Waals surface area contributed by atoms with Crippen LogP contribution in [0.4, 0.5) is 14.5 Å². The third-order valence-corrected chi connectivity index (χ3v) is 3.04. The molecule has 0 atom stereocenters. The van der Waals surface area contributed by atoms with Gasteiger partial charge in [0.1, 0.15) is 11.6 Å². The van der Waals surface area contributed by atoms with Crippen molar-refractivity contribution in [3.05, 3.63) is 29.3 Å². The van der Waals surface area contributed by atoms with Gasteiger partial charge in [0.05, 0.1) is 25.4 Å². The number of ether oxygens (including phenoxy) is 1. The maximum atomic E-state index is 13.5. The van der Waals surface area contributed by atoms with Gasteiger partial charge in [0.15, 0.2) is 0 Å². The summed E-state index contributed by atoms with van der Waals surface area (Å²) in [7, 11) is 0. The number of aryl methyl sites for hydroxylation is 1. The van der Waals surface area contributed by atoms with Gasteiger partial charge in [-0.3, -0.25) is 4.79 Å². The Labute approximate surface area is 110 Å². The Bertz CT molecular complexity index is 474. The summed E-state index contributed by atoms with van der Waals surface area (Å²) in [5, 5.41) is 2.63. The molecule has 1 fully saturated rings. The fourth-order valence-corrected chi connectivity index (χ4v) is 1.88. The summed E-state index contributed by atoms with van der Waals surface area (Å²) in [6.07, 6.45) is 0. The Kier molecular flexibility index (Phi) is 4.31. The zero-order valence-corrected chi connectivity index (χ0v) is 10.7. The number of rotatable bonds is 3. The predicted octanol–water partition coefficient (Wildman–Crippen LogP) is 1.54. The number of amides is 1. The molecule has 0 bridgehead atoms. The smallest absolute Gasteiger partial charge is 0.242 e. The summed E-state index contributed by atoms with van der Waals surface area (Å²) in [4.78, 5) is 13.5. The van der Waals surface area contributed by atoms with Crippen molar-refractivity contribution in [2.24, 2.45) is 0 Å². The predicted molar refractivity (Wildman–Crippen MR) is 67.0 cm³/mol. The van der Waals surface area contributed by atoms with Crippen LogP contribution < -0.4 is 5.32 Å². The minimum Gasteiger partial charge on any atom is -0.378 e. The topological polar surface area (TPSA) is 41.6 Å². The van der Waals surface area contributed by atoms with Crippen molar-refractivity contribution in [1.82, 2.24) is 4.90 Å². The first kappa shape index (κ1) is 13.7. The van der Waals surface area contributed by atoms with Crippen LogP contribution >= 0.6 is 0 Å². The molecule has 1 aliphatic heterocycles. The summed E-state index contributed by atoms with van der Waals surface area (Å²) in [5.74, 6) is -1.21. The Hall–Kier alpha value is -1.69. The SMILES string of the molecule is Cc1cc(F)c(NCC(=O)N2CCOCC2)cc1F. The van der Waals surface area contributed by atoms with E-state index in [-0.39, 0.29) is 23.7 Å². The molecule has 19 heavy (non-hydrogen) atoms. The number of benzene rings is 1. The van der Waals surface area contributed by atoms with Crippen LogP contribution in [-0.2, 0) is 9.53 Å². The second-order valence-corrected chi connectivity index (χ2v) is 4.43. The number of anilines is 1. The van der Waals surface area contributed by atoms with Gasteiger partial charge in [-0.2, -0.15) is 0 Å². The van der Waals surface area contributed by atoms with E-state index in [4.69, 9.17) is 4.74 Å². The van der Waals surface area contributed by atoms with E-state index in [1.54, 1.807) is 4.90 Å². The quantitative estimate of drug-likeness (QED) is 0.906. The van der Waals surface area contributed by atoms with Crippen LogP contribution in [-0.4, -0.2) is 43.7 Å². The fourth-order valence-electron chi connectivity index (χ4n) is 1.88.